The molecule has 150 valence electrons. The van der Waals surface area contributed by atoms with Gasteiger partial charge in [0.2, 0.25) is 5.91 Å². The smallest absolute Gasteiger partial charge is 0.237 e. The van der Waals surface area contributed by atoms with E-state index < -0.39 is 0 Å². The average molecular weight is 471 g/mol. The first-order valence-corrected chi connectivity index (χ1v) is 11.4. The number of nitrogens with zero attached hydrogens (tertiary/aromatic N) is 3. The van der Waals surface area contributed by atoms with Crippen molar-refractivity contribution in [2.24, 2.45) is 0 Å². The molecule has 1 N–H and O–H groups in total. The fraction of sp³-hybridized carbons (Fsp3) is 0.318. The van der Waals surface area contributed by atoms with Crippen LogP contribution < -0.4 is 5.32 Å². The van der Waals surface area contributed by atoms with Crippen LogP contribution in [0.15, 0.2) is 58.2 Å². The Morgan fingerprint density at radius 1 is 1.24 bits per heavy atom. The Bertz CT molecular complexity index is 1020. The lowest BCUT2D eigenvalue weighted by molar-refractivity contribution is -0.115. The molecule has 0 saturated heterocycles. The van der Waals surface area contributed by atoms with Crippen molar-refractivity contribution in [3.8, 4) is 0 Å². The molecule has 3 aromatic rings. The van der Waals surface area contributed by atoms with E-state index in [9.17, 15) is 4.79 Å². The van der Waals surface area contributed by atoms with Crippen molar-refractivity contribution in [3.05, 3.63) is 70.0 Å². The Balaban J connectivity index is 1.50. The number of carbonyl (C=O) groups is 1. The first-order chi connectivity index (χ1) is 14.0. The van der Waals surface area contributed by atoms with Crippen LogP contribution in [0.3, 0.4) is 0 Å². The number of amides is 1. The molecule has 0 radical (unpaired) electrons. The van der Waals surface area contributed by atoms with Crippen LogP contribution in [0.4, 0.5) is 5.69 Å². The number of thioether (sulfide) groups is 1. The van der Waals surface area contributed by atoms with Crippen LogP contribution in [0, 0.1) is 6.92 Å². The Labute approximate surface area is 183 Å². The van der Waals surface area contributed by atoms with E-state index in [1.165, 1.54) is 17.3 Å². The van der Waals surface area contributed by atoms with E-state index in [1.807, 2.05) is 50.2 Å². The summed E-state index contributed by atoms with van der Waals surface area (Å²) in [4.78, 5) is 12.8. The molecule has 2 aromatic carbocycles. The van der Waals surface area contributed by atoms with Crippen molar-refractivity contribution in [1.29, 1.82) is 0 Å². The summed E-state index contributed by atoms with van der Waals surface area (Å²) in [7, 11) is 0. The number of benzene rings is 2. The van der Waals surface area contributed by atoms with Gasteiger partial charge in [-0.2, -0.15) is 0 Å². The Kier molecular flexibility index (Phi) is 6.06. The molecule has 1 amide bonds. The molecule has 1 aliphatic rings. The Morgan fingerprint density at radius 2 is 2.00 bits per heavy atom. The first-order valence-electron chi connectivity index (χ1n) is 9.72. The van der Waals surface area contributed by atoms with Gasteiger partial charge in [0.05, 0.1) is 17.5 Å². The predicted octanol–water partition coefficient (Wildman–Crippen LogP) is 5.39. The molecule has 1 aliphatic carbocycles. The zero-order chi connectivity index (χ0) is 20.4. The van der Waals surface area contributed by atoms with Gasteiger partial charge in [0, 0.05) is 10.4 Å². The lowest BCUT2D eigenvalue weighted by Crippen LogP contribution is -2.23. The maximum absolute atomic E-state index is 12.8. The van der Waals surface area contributed by atoms with E-state index in [0.717, 1.165) is 46.1 Å². The van der Waals surface area contributed by atoms with Gasteiger partial charge >= 0.3 is 0 Å². The number of hydrogen-bond donors (Lipinski definition) is 1. The second kappa shape index (κ2) is 8.71. The number of aromatic nitrogens is 3. The van der Waals surface area contributed by atoms with Crippen molar-refractivity contribution >= 4 is 39.3 Å². The van der Waals surface area contributed by atoms with E-state index in [0.29, 0.717) is 5.92 Å². The van der Waals surface area contributed by atoms with Crippen LogP contribution in [-0.2, 0) is 11.3 Å². The quantitative estimate of drug-likeness (QED) is 0.469. The monoisotopic (exact) mass is 470 g/mol. The van der Waals surface area contributed by atoms with E-state index in [-0.39, 0.29) is 11.2 Å². The lowest BCUT2D eigenvalue weighted by Gasteiger charge is -2.15. The second-order valence-corrected chi connectivity index (χ2v) is 9.58. The van der Waals surface area contributed by atoms with Crippen molar-refractivity contribution in [2.45, 2.75) is 49.6 Å². The summed E-state index contributed by atoms with van der Waals surface area (Å²) in [5.74, 6) is 1.47. The molecular weight excluding hydrogens is 448 g/mol. The lowest BCUT2D eigenvalue weighted by atomic mass is 10.2. The Morgan fingerprint density at radius 3 is 2.69 bits per heavy atom. The summed E-state index contributed by atoms with van der Waals surface area (Å²) < 4.78 is 3.05. The molecule has 1 saturated carbocycles. The topological polar surface area (TPSA) is 59.8 Å². The van der Waals surface area contributed by atoms with Crippen molar-refractivity contribution in [3.63, 3.8) is 0 Å². The molecule has 7 heteroatoms. The third kappa shape index (κ3) is 4.90. The van der Waals surface area contributed by atoms with Crippen molar-refractivity contribution in [2.75, 3.05) is 5.32 Å². The van der Waals surface area contributed by atoms with Gasteiger partial charge in [-0.15, -0.1) is 10.2 Å². The number of hydrogen-bond acceptors (Lipinski definition) is 4. The van der Waals surface area contributed by atoms with E-state index >= 15 is 0 Å². The molecule has 0 spiro atoms. The second-order valence-electron chi connectivity index (χ2n) is 7.42. The summed E-state index contributed by atoms with van der Waals surface area (Å²) in [6.45, 7) is 4.64. The molecular formula is C22H23BrN4OS. The van der Waals surface area contributed by atoms with Gasteiger partial charge in [0.25, 0.3) is 0 Å². The molecule has 1 atom stereocenters. The van der Waals surface area contributed by atoms with Gasteiger partial charge in [0.1, 0.15) is 5.82 Å². The molecule has 1 heterocycles. The normalized spacial score (nSPS) is 14.6. The molecule has 0 aliphatic heterocycles. The third-order valence-electron chi connectivity index (χ3n) is 4.91. The van der Waals surface area contributed by atoms with Crippen LogP contribution in [0.2, 0.25) is 0 Å². The Hall–Kier alpha value is -2.12. The number of rotatable bonds is 7. The molecule has 4 rings (SSSR count). The van der Waals surface area contributed by atoms with Crippen LogP contribution >= 0.6 is 27.7 Å². The van der Waals surface area contributed by atoms with Crippen molar-refractivity contribution < 1.29 is 4.79 Å². The summed E-state index contributed by atoms with van der Waals surface area (Å²) in [6.07, 6.45) is 2.32. The molecule has 5 nitrogen and oxygen atoms in total. The predicted molar refractivity (Wildman–Crippen MR) is 120 cm³/mol. The number of aryl methyl sites for hydroxylation is 1. The molecule has 1 unspecified atom stereocenters. The summed E-state index contributed by atoms with van der Waals surface area (Å²) in [5.41, 5.74) is 3.12. The number of anilines is 1. The highest BCUT2D eigenvalue weighted by atomic mass is 79.9. The third-order valence-corrected chi connectivity index (χ3v) is 6.64. The molecule has 1 aromatic heterocycles. The fourth-order valence-electron chi connectivity index (χ4n) is 3.11. The minimum absolute atomic E-state index is 0.0539. The maximum Gasteiger partial charge on any atom is 0.237 e. The van der Waals surface area contributed by atoms with E-state index in [4.69, 9.17) is 0 Å². The highest BCUT2D eigenvalue weighted by molar-refractivity contribution is 9.10. The summed E-state index contributed by atoms with van der Waals surface area (Å²) in [5, 5.41) is 12.4. The molecule has 0 bridgehead atoms. The van der Waals surface area contributed by atoms with Crippen LogP contribution in [0.25, 0.3) is 0 Å². The molecule has 29 heavy (non-hydrogen) atoms. The van der Waals surface area contributed by atoms with Crippen LogP contribution in [0.1, 0.15) is 42.6 Å². The maximum atomic E-state index is 12.8. The summed E-state index contributed by atoms with van der Waals surface area (Å²) >= 11 is 4.97. The highest BCUT2D eigenvalue weighted by Crippen LogP contribution is 2.40. The average Bonchev–Trinajstić information content (AvgIpc) is 3.48. The minimum Gasteiger partial charge on any atom is -0.324 e. The highest BCUT2D eigenvalue weighted by Gasteiger charge is 2.31. The van der Waals surface area contributed by atoms with Crippen molar-refractivity contribution in [1.82, 2.24) is 14.8 Å². The van der Waals surface area contributed by atoms with E-state index in [1.54, 1.807) is 0 Å². The van der Waals surface area contributed by atoms with Gasteiger partial charge in [0.15, 0.2) is 5.16 Å². The van der Waals surface area contributed by atoms with Crippen LogP contribution in [-0.4, -0.2) is 25.9 Å². The van der Waals surface area contributed by atoms with Gasteiger partial charge < -0.3 is 9.88 Å². The minimum atomic E-state index is -0.297. The number of halogens is 1. The van der Waals surface area contributed by atoms with Gasteiger partial charge in [-0.05, 0) is 65.9 Å². The fourth-order valence-corrected chi connectivity index (χ4v) is 4.56. The van der Waals surface area contributed by atoms with E-state index in [2.05, 4.69) is 48.1 Å². The first kappa shape index (κ1) is 20.2. The summed E-state index contributed by atoms with van der Waals surface area (Å²) in [6, 6.07) is 16.2. The van der Waals surface area contributed by atoms with Gasteiger partial charge in [-0.1, -0.05) is 48.2 Å². The van der Waals surface area contributed by atoms with Crippen LogP contribution in [0.5, 0.6) is 0 Å². The van der Waals surface area contributed by atoms with Gasteiger partial charge in [-0.3, -0.25) is 4.79 Å². The largest absolute Gasteiger partial charge is 0.324 e. The zero-order valence-corrected chi connectivity index (χ0v) is 18.8. The SMILES string of the molecule is Cc1ccc(NC(=O)C(C)Sc2nnc(C3CC3)n2Cc2ccccc2)c(Br)c1. The zero-order valence-electron chi connectivity index (χ0n) is 16.4. The standard InChI is InChI=1S/C22H23BrN4OS/c1-14-8-11-19(18(23)12-14)24-21(28)15(2)29-22-26-25-20(17-9-10-17)27(22)13-16-6-4-3-5-7-16/h3-8,11-12,15,17H,9-10,13H2,1-2H3,(H,24,28). The van der Waals surface area contributed by atoms with Gasteiger partial charge in [-0.25, -0.2) is 0 Å². The number of nitrogens with one attached hydrogen (secondary N) is 1. The molecule has 1 fully saturated rings. The number of carbonyl (C=O) groups excluding carboxylic acids is 1.